The van der Waals surface area contributed by atoms with Gasteiger partial charge in [0.1, 0.15) is 5.56 Å². The Morgan fingerprint density at radius 1 is 1.21 bits per heavy atom. The van der Waals surface area contributed by atoms with Crippen LogP contribution in [0.2, 0.25) is 0 Å². The van der Waals surface area contributed by atoms with Crippen molar-refractivity contribution in [3.8, 4) is 0 Å². The average Bonchev–Trinajstić information content (AvgIpc) is 3.37. The van der Waals surface area contributed by atoms with Crippen LogP contribution in [0.25, 0.3) is 5.65 Å². The number of carbonyl (C=O) groups excluding carboxylic acids is 2. The Morgan fingerprint density at radius 3 is 2.61 bits per heavy atom. The molecule has 144 valence electrons. The van der Waals surface area contributed by atoms with Crippen LogP contribution < -0.4 is 5.32 Å². The number of nitrogens with one attached hydrogen (secondary N) is 1. The van der Waals surface area contributed by atoms with Crippen LogP contribution in [-0.2, 0) is 6.54 Å². The second-order valence-corrected chi connectivity index (χ2v) is 7.44. The molecule has 2 heterocycles. The summed E-state index contributed by atoms with van der Waals surface area (Å²) in [6.45, 7) is 4.28. The highest BCUT2D eigenvalue weighted by atomic mass is 16.2. The molecule has 1 saturated carbocycles. The third-order valence-corrected chi connectivity index (χ3v) is 4.90. The number of hydrogen-bond donors (Lipinski definition) is 1. The molecule has 2 amide bonds. The van der Waals surface area contributed by atoms with Crippen molar-refractivity contribution in [2.24, 2.45) is 0 Å². The zero-order valence-electron chi connectivity index (χ0n) is 16.3. The van der Waals surface area contributed by atoms with Crippen molar-refractivity contribution in [1.29, 1.82) is 0 Å². The third-order valence-electron chi connectivity index (χ3n) is 4.90. The maximum absolute atomic E-state index is 12.9. The number of hydrogen-bond acceptors (Lipinski definition) is 4. The molecular formula is C21H23N5O2. The van der Waals surface area contributed by atoms with E-state index in [9.17, 15) is 9.59 Å². The fraction of sp³-hybridized carbons (Fsp3) is 0.333. The van der Waals surface area contributed by atoms with Crippen molar-refractivity contribution in [2.75, 3.05) is 7.05 Å². The van der Waals surface area contributed by atoms with Crippen LogP contribution in [0, 0.1) is 13.8 Å². The van der Waals surface area contributed by atoms with E-state index in [2.05, 4.69) is 15.4 Å². The summed E-state index contributed by atoms with van der Waals surface area (Å²) in [6, 6.07) is 9.63. The summed E-state index contributed by atoms with van der Waals surface area (Å²) in [7, 11) is 1.75. The SMILES string of the molecule is Cc1cc(C)n2ncc(C(=O)N(C)Cc3ccc(C(=O)NC4CC4)cc3)c2n1. The maximum atomic E-state index is 12.9. The van der Waals surface area contributed by atoms with Gasteiger partial charge in [-0.3, -0.25) is 9.59 Å². The first-order valence-electron chi connectivity index (χ1n) is 9.39. The van der Waals surface area contributed by atoms with Gasteiger partial charge in [0.25, 0.3) is 11.8 Å². The quantitative estimate of drug-likeness (QED) is 0.741. The molecule has 0 saturated heterocycles. The van der Waals surface area contributed by atoms with Gasteiger partial charge < -0.3 is 10.2 Å². The fourth-order valence-corrected chi connectivity index (χ4v) is 3.23. The number of amides is 2. The third kappa shape index (κ3) is 3.60. The summed E-state index contributed by atoms with van der Waals surface area (Å²) >= 11 is 0. The van der Waals surface area contributed by atoms with Crippen molar-refractivity contribution in [3.63, 3.8) is 0 Å². The van der Waals surface area contributed by atoms with E-state index in [4.69, 9.17) is 0 Å². The minimum atomic E-state index is -0.136. The zero-order chi connectivity index (χ0) is 19.8. The average molecular weight is 377 g/mol. The molecule has 0 aliphatic heterocycles. The molecule has 2 aromatic heterocycles. The summed E-state index contributed by atoms with van der Waals surface area (Å²) in [5, 5.41) is 7.27. The monoisotopic (exact) mass is 377 g/mol. The fourth-order valence-electron chi connectivity index (χ4n) is 3.23. The van der Waals surface area contributed by atoms with Gasteiger partial charge in [-0.15, -0.1) is 0 Å². The van der Waals surface area contributed by atoms with Gasteiger partial charge in [0.15, 0.2) is 5.65 Å². The lowest BCUT2D eigenvalue weighted by molar-refractivity contribution is 0.0786. The Morgan fingerprint density at radius 2 is 1.93 bits per heavy atom. The largest absolute Gasteiger partial charge is 0.349 e. The molecule has 0 bridgehead atoms. The number of nitrogens with zero attached hydrogens (tertiary/aromatic N) is 4. The van der Waals surface area contributed by atoms with Gasteiger partial charge in [-0.2, -0.15) is 5.10 Å². The minimum Gasteiger partial charge on any atom is -0.349 e. The van der Waals surface area contributed by atoms with Gasteiger partial charge in [-0.05, 0) is 50.5 Å². The van der Waals surface area contributed by atoms with Crippen LogP contribution in [0.1, 0.15) is 50.5 Å². The molecule has 0 atom stereocenters. The summed E-state index contributed by atoms with van der Waals surface area (Å²) in [5.41, 5.74) is 4.43. The molecule has 1 aliphatic carbocycles. The van der Waals surface area contributed by atoms with Crippen LogP contribution in [0.3, 0.4) is 0 Å². The van der Waals surface area contributed by atoms with E-state index in [-0.39, 0.29) is 11.8 Å². The lowest BCUT2D eigenvalue weighted by atomic mass is 10.1. The number of carbonyl (C=O) groups is 2. The molecule has 0 radical (unpaired) electrons. The summed E-state index contributed by atoms with van der Waals surface area (Å²) in [5.74, 6) is -0.176. The highest BCUT2D eigenvalue weighted by molar-refractivity contribution is 5.99. The molecule has 1 fully saturated rings. The van der Waals surface area contributed by atoms with Crippen molar-refractivity contribution in [3.05, 3.63) is 64.6 Å². The van der Waals surface area contributed by atoms with Crippen LogP contribution >= 0.6 is 0 Å². The van der Waals surface area contributed by atoms with Crippen LogP contribution in [0.4, 0.5) is 0 Å². The van der Waals surface area contributed by atoms with E-state index in [1.165, 1.54) is 0 Å². The normalized spacial score (nSPS) is 13.5. The molecule has 7 nitrogen and oxygen atoms in total. The van der Waals surface area contributed by atoms with E-state index in [0.29, 0.717) is 29.4 Å². The first kappa shape index (κ1) is 18.2. The van der Waals surface area contributed by atoms with E-state index in [0.717, 1.165) is 29.8 Å². The molecule has 1 N–H and O–H groups in total. The lowest BCUT2D eigenvalue weighted by Gasteiger charge is -2.17. The van der Waals surface area contributed by atoms with E-state index in [1.54, 1.807) is 34.8 Å². The molecule has 28 heavy (non-hydrogen) atoms. The van der Waals surface area contributed by atoms with Crippen LogP contribution in [0.5, 0.6) is 0 Å². The van der Waals surface area contributed by atoms with E-state index >= 15 is 0 Å². The second kappa shape index (κ2) is 7.07. The second-order valence-electron chi connectivity index (χ2n) is 7.44. The molecule has 0 unspecified atom stereocenters. The van der Waals surface area contributed by atoms with Crippen molar-refractivity contribution in [1.82, 2.24) is 24.8 Å². The maximum Gasteiger partial charge on any atom is 0.259 e. The van der Waals surface area contributed by atoms with Gasteiger partial charge in [-0.1, -0.05) is 12.1 Å². The molecule has 4 rings (SSSR count). The van der Waals surface area contributed by atoms with E-state index < -0.39 is 0 Å². The van der Waals surface area contributed by atoms with Gasteiger partial charge in [0.05, 0.1) is 6.20 Å². The molecule has 3 aromatic rings. The van der Waals surface area contributed by atoms with Crippen molar-refractivity contribution < 1.29 is 9.59 Å². The predicted octanol–water partition coefficient (Wildman–Crippen LogP) is 2.51. The summed E-state index contributed by atoms with van der Waals surface area (Å²) in [6.07, 6.45) is 3.70. The Labute approximate surface area is 163 Å². The topological polar surface area (TPSA) is 79.6 Å². The van der Waals surface area contributed by atoms with Crippen LogP contribution in [-0.4, -0.2) is 44.4 Å². The Hall–Kier alpha value is -3.22. The molecule has 0 spiro atoms. The van der Waals surface area contributed by atoms with Gasteiger partial charge in [-0.25, -0.2) is 9.50 Å². The standard InChI is InChI=1S/C21H23N5O2/c1-13-10-14(2)26-19(23-13)18(11-22-26)21(28)25(3)12-15-4-6-16(7-5-15)20(27)24-17-8-9-17/h4-7,10-11,17H,8-9,12H2,1-3H3,(H,24,27). The van der Waals surface area contributed by atoms with Crippen LogP contribution in [0.15, 0.2) is 36.5 Å². The summed E-state index contributed by atoms with van der Waals surface area (Å²) < 4.78 is 1.68. The predicted molar refractivity (Wildman–Crippen MR) is 105 cm³/mol. The number of fused-ring (bicyclic) bond motifs is 1. The van der Waals surface area contributed by atoms with Crippen molar-refractivity contribution >= 4 is 17.5 Å². The number of rotatable bonds is 5. The Balaban J connectivity index is 1.48. The molecule has 7 heteroatoms. The zero-order valence-corrected chi connectivity index (χ0v) is 16.3. The number of benzene rings is 1. The van der Waals surface area contributed by atoms with Gasteiger partial charge >= 0.3 is 0 Å². The van der Waals surface area contributed by atoms with Gasteiger partial charge in [0, 0.05) is 36.6 Å². The first-order chi connectivity index (χ1) is 13.4. The van der Waals surface area contributed by atoms with E-state index in [1.807, 2.05) is 32.0 Å². The van der Waals surface area contributed by atoms with Crippen molar-refractivity contribution in [2.45, 2.75) is 39.3 Å². The molecular weight excluding hydrogens is 354 g/mol. The van der Waals surface area contributed by atoms with Gasteiger partial charge in [0.2, 0.25) is 0 Å². The highest BCUT2D eigenvalue weighted by Gasteiger charge is 2.24. The number of aryl methyl sites for hydroxylation is 2. The molecule has 1 aliphatic rings. The Bertz CT molecular complexity index is 1050. The first-order valence-corrected chi connectivity index (χ1v) is 9.39. The number of aromatic nitrogens is 3. The summed E-state index contributed by atoms with van der Waals surface area (Å²) in [4.78, 5) is 31.1. The minimum absolute atomic E-state index is 0.0401. The Kier molecular flexibility index (Phi) is 4.58. The smallest absolute Gasteiger partial charge is 0.259 e. The molecule has 1 aromatic carbocycles. The highest BCUT2D eigenvalue weighted by Crippen LogP contribution is 2.20. The lowest BCUT2D eigenvalue weighted by Crippen LogP contribution is -2.27.